The lowest BCUT2D eigenvalue weighted by molar-refractivity contribution is 0.846. The number of hydrogen-bond acceptors (Lipinski definition) is 2. The molecule has 1 aliphatic heterocycles. The highest BCUT2D eigenvalue weighted by atomic mass is 15.2. The average molecular weight is 236 g/mol. The van der Waals surface area contributed by atoms with Crippen LogP contribution in [0, 0.1) is 0 Å². The number of benzene rings is 2. The summed E-state index contributed by atoms with van der Waals surface area (Å²) in [7, 11) is 0. The molecule has 2 aromatic carbocycles. The highest BCUT2D eigenvalue weighted by Crippen LogP contribution is 2.43. The lowest BCUT2D eigenvalue weighted by Gasteiger charge is -2.17. The second-order valence-corrected chi connectivity index (χ2v) is 5.12. The van der Waals surface area contributed by atoms with E-state index in [2.05, 4.69) is 41.3 Å². The van der Waals surface area contributed by atoms with Crippen molar-refractivity contribution in [3.8, 4) is 11.1 Å². The van der Waals surface area contributed by atoms with Crippen LogP contribution in [-0.4, -0.2) is 13.2 Å². The molecule has 90 valence electrons. The van der Waals surface area contributed by atoms with Crippen molar-refractivity contribution < 1.29 is 0 Å². The van der Waals surface area contributed by atoms with Gasteiger partial charge in [-0.1, -0.05) is 30.3 Å². The summed E-state index contributed by atoms with van der Waals surface area (Å²) in [4.78, 5) is 2.28. The Hall–Kier alpha value is -1.80. The summed E-state index contributed by atoms with van der Waals surface area (Å²) in [6.45, 7) is 1.69. The van der Waals surface area contributed by atoms with Crippen molar-refractivity contribution >= 4 is 5.69 Å². The van der Waals surface area contributed by atoms with Gasteiger partial charge >= 0.3 is 0 Å². The largest absolute Gasteiger partial charge is 0.358 e. The summed E-state index contributed by atoms with van der Waals surface area (Å²) >= 11 is 0. The number of nitrogens with two attached hydrogens (primary N) is 1. The van der Waals surface area contributed by atoms with E-state index in [1.165, 1.54) is 33.5 Å². The maximum Gasteiger partial charge on any atom is 0.0657 e. The van der Waals surface area contributed by atoms with E-state index < -0.39 is 0 Å². The molecule has 2 heteroatoms. The molecule has 0 bridgehead atoms. The molecule has 2 aliphatic rings. The molecule has 4 rings (SSSR count). The minimum absolute atomic E-state index is 0.624. The molecule has 0 fully saturated rings. The summed E-state index contributed by atoms with van der Waals surface area (Å²) in [5, 5.41) is 0. The summed E-state index contributed by atoms with van der Waals surface area (Å²) in [6, 6.07) is 13.3. The Labute approximate surface area is 107 Å². The van der Waals surface area contributed by atoms with E-state index in [1.54, 1.807) is 0 Å². The molecule has 0 aromatic heterocycles. The second kappa shape index (κ2) is 3.59. The van der Waals surface area contributed by atoms with Gasteiger partial charge in [0.15, 0.2) is 0 Å². The summed E-state index contributed by atoms with van der Waals surface area (Å²) in [6.07, 6.45) is 2.23. The first-order valence-corrected chi connectivity index (χ1v) is 6.56. The Bertz CT molecular complexity index is 631. The van der Waals surface area contributed by atoms with Crippen molar-refractivity contribution in [2.24, 2.45) is 5.73 Å². The van der Waals surface area contributed by atoms with Crippen molar-refractivity contribution in [2.45, 2.75) is 12.8 Å². The van der Waals surface area contributed by atoms with E-state index in [1.807, 2.05) is 0 Å². The zero-order chi connectivity index (χ0) is 12.1. The van der Waals surface area contributed by atoms with E-state index in [0.717, 1.165) is 19.4 Å². The zero-order valence-electron chi connectivity index (χ0n) is 10.3. The van der Waals surface area contributed by atoms with Crippen molar-refractivity contribution in [1.82, 2.24) is 0 Å². The topological polar surface area (TPSA) is 29.3 Å². The van der Waals surface area contributed by atoms with Gasteiger partial charge in [0, 0.05) is 12.2 Å². The van der Waals surface area contributed by atoms with Gasteiger partial charge in [-0.2, -0.15) is 0 Å². The second-order valence-electron chi connectivity index (χ2n) is 5.12. The zero-order valence-corrected chi connectivity index (χ0v) is 10.3. The number of fused-ring (bicyclic) bond motifs is 5. The number of hydrogen-bond donors (Lipinski definition) is 1. The predicted octanol–water partition coefficient (Wildman–Crippen LogP) is 2.54. The van der Waals surface area contributed by atoms with Gasteiger partial charge in [0.25, 0.3) is 0 Å². The van der Waals surface area contributed by atoms with E-state index >= 15 is 0 Å². The highest BCUT2D eigenvalue weighted by molar-refractivity contribution is 5.82. The summed E-state index contributed by atoms with van der Waals surface area (Å²) in [5.74, 6) is 0. The van der Waals surface area contributed by atoms with E-state index in [0.29, 0.717) is 6.67 Å². The molecule has 0 amide bonds. The Morgan fingerprint density at radius 1 is 1.00 bits per heavy atom. The van der Waals surface area contributed by atoms with Crippen LogP contribution in [0.2, 0.25) is 0 Å². The Morgan fingerprint density at radius 2 is 1.89 bits per heavy atom. The van der Waals surface area contributed by atoms with E-state index in [4.69, 9.17) is 5.73 Å². The molecule has 0 atom stereocenters. The minimum atomic E-state index is 0.624. The Balaban J connectivity index is 1.92. The number of rotatable bonds is 1. The van der Waals surface area contributed by atoms with E-state index in [9.17, 15) is 0 Å². The normalized spacial score (nSPS) is 15.5. The third-order valence-electron chi connectivity index (χ3n) is 4.27. The quantitative estimate of drug-likeness (QED) is 0.703. The van der Waals surface area contributed by atoms with Gasteiger partial charge in [0.2, 0.25) is 0 Å². The summed E-state index contributed by atoms with van der Waals surface area (Å²) in [5.41, 5.74) is 14.5. The molecule has 0 spiro atoms. The average Bonchev–Trinajstić information content (AvgIpc) is 2.99. The smallest absolute Gasteiger partial charge is 0.0657 e. The SMILES string of the molecule is NCN1CCc2c1ccc1c2Cc2ccccc2-1. The fourth-order valence-corrected chi connectivity index (χ4v) is 3.39. The number of nitrogens with zero attached hydrogens (tertiary/aromatic N) is 1. The van der Waals surface area contributed by atoms with Crippen LogP contribution in [0.25, 0.3) is 11.1 Å². The third kappa shape index (κ3) is 1.21. The van der Waals surface area contributed by atoms with Gasteiger partial charge in [-0.05, 0) is 46.7 Å². The van der Waals surface area contributed by atoms with Crippen LogP contribution in [0.3, 0.4) is 0 Å². The number of anilines is 1. The van der Waals surface area contributed by atoms with Gasteiger partial charge in [0.05, 0.1) is 6.67 Å². The molecule has 0 radical (unpaired) electrons. The highest BCUT2D eigenvalue weighted by Gasteiger charge is 2.27. The first-order valence-electron chi connectivity index (χ1n) is 6.56. The van der Waals surface area contributed by atoms with Crippen molar-refractivity contribution in [3.05, 3.63) is 53.1 Å². The maximum atomic E-state index is 5.80. The van der Waals surface area contributed by atoms with Crippen LogP contribution < -0.4 is 10.6 Å². The first-order chi connectivity index (χ1) is 8.88. The van der Waals surface area contributed by atoms with Gasteiger partial charge in [-0.25, -0.2) is 0 Å². The molecule has 18 heavy (non-hydrogen) atoms. The molecule has 0 saturated heterocycles. The van der Waals surface area contributed by atoms with Crippen LogP contribution >= 0.6 is 0 Å². The summed E-state index contributed by atoms with van der Waals surface area (Å²) < 4.78 is 0. The van der Waals surface area contributed by atoms with Crippen LogP contribution in [0.15, 0.2) is 36.4 Å². The maximum absolute atomic E-state index is 5.80. The Kier molecular flexibility index (Phi) is 2.03. The minimum Gasteiger partial charge on any atom is -0.358 e. The molecule has 2 nitrogen and oxygen atoms in total. The van der Waals surface area contributed by atoms with Gasteiger partial charge in [-0.15, -0.1) is 0 Å². The molecule has 2 N–H and O–H groups in total. The van der Waals surface area contributed by atoms with Crippen molar-refractivity contribution in [3.63, 3.8) is 0 Å². The molecule has 0 unspecified atom stereocenters. The lowest BCUT2D eigenvalue weighted by Crippen LogP contribution is -2.27. The third-order valence-corrected chi connectivity index (χ3v) is 4.27. The molecular formula is C16H16N2. The van der Waals surface area contributed by atoms with Crippen LogP contribution in [-0.2, 0) is 12.8 Å². The molecule has 1 heterocycles. The molecule has 1 aliphatic carbocycles. The monoisotopic (exact) mass is 236 g/mol. The van der Waals surface area contributed by atoms with Crippen LogP contribution in [0.4, 0.5) is 5.69 Å². The van der Waals surface area contributed by atoms with E-state index in [-0.39, 0.29) is 0 Å². The van der Waals surface area contributed by atoms with Crippen molar-refractivity contribution in [2.75, 3.05) is 18.1 Å². The van der Waals surface area contributed by atoms with Gasteiger partial charge in [-0.3, -0.25) is 0 Å². The molecule has 2 aromatic rings. The van der Waals surface area contributed by atoms with Crippen LogP contribution in [0.1, 0.15) is 16.7 Å². The lowest BCUT2D eigenvalue weighted by atomic mass is 9.99. The molecule has 0 saturated carbocycles. The molecular weight excluding hydrogens is 220 g/mol. The fourth-order valence-electron chi connectivity index (χ4n) is 3.39. The van der Waals surface area contributed by atoms with Crippen molar-refractivity contribution in [1.29, 1.82) is 0 Å². The Morgan fingerprint density at radius 3 is 2.78 bits per heavy atom. The fraction of sp³-hybridized carbons (Fsp3) is 0.250. The first kappa shape index (κ1) is 10.2. The standard InChI is InChI=1S/C16H16N2/c17-10-18-8-7-14-15-9-11-3-1-2-4-12(11)13(15)5-6-16(14)18/h1-6H,7-10,17H2. The van der Waals surface area contributed by atoms with Crippen LogP contribution in [0.5, 0.6) is 0 Å². The van der Waals surface area contributed by atoms with Gasteiger partial charge in [0.1, 0.15) is 0 Å². The predicted molar refractivity (Wildman–Crippen MR) is 74.8 cm³/mol. The van der Waals surface area contributed by atoms with Gasteiger partial charge < -0.3 is 10.6 Å².